The van der Waals surface area contributed by atoms with Gasteiger partial charge in [-0.3, -0.25) is 0 Å². The molecule has 5 N–H and O–H groups in total. The van der Waals surface area contributed by atoms with Gasteiger partial charge in [-0.25, -0.2) is 4.98 Å². The van der Waals surface area contributed by atoms with Gasteiger partial charge in [0.2, 0.25) is 5.95 Å². The molecule has 0 aliphatic rings. The number of rotatable bonds is 5. The molecule has 1 aromatic carbocycles. The van der Waals surface area contributed by atoms with E-state index in [0.29, 0.717) is 47.2 Å². The zero-order valence-corrected chi connectivity index (χ0v) is 14.6. The molecule has 0 spiro atoms. The fourth-order valence-corrected chi connectivity index (χ4v) is 2.99. The van der Waals surface area contributed by atoms with E-state index in [1.54, 1.807) is 6.07 Å². The Bertz CT molecular complexity index is 895. The predicted molar refractivity (Wildman–Crippen MR) is 95.1 cm³/mol. The fourth-order valence-electron chi connectivity index (χ4n) is 2.40. The quantitative estimate of drug-likeness (QED) is 0.387. The van der Waals surface area contributed by atoms with Crippen LogP contribution in [0.4, 0.5) is 11.8 Å². The Labute approximate surface area is 146 Å². The lowest BCUT2D eigenvalue weighted by atomic mass is 10.1. The van der Waals surface area contributed by atoms with Crippen LogP contribution in [0.1, 0.15) is 12.5 Å². The molecule has 0 fully saturated rings. The molecule has 0 aliphatic carbocycles. The van der Waals surface area contributed by atoms with Crippen molar-refractivity contribution in [3.63, 3.8) is 0 Å². The van der Waals surface area contributed by atoms with Crippen LogP contribution in [-0.4, -0.2) is 36.3 Å². The number of hydrogen-bond acceptors (Lipinski definition) is 7. The van der Waals surface area contributed by atoms with Crippen LogP contribution in [0.3, 0.4) is 0 Å². The maximum Gasteiger partial charge on any atom is 0.226 e. The Morgan fingerprint density at radius 3 is 2.71 bits per heavy atom. The smallest absolute Gasteiger partial charge is 0.226 e. The Morgan fingerprint density at radius 2 is 2.00 bits per heavy atom. The molecule has 8 nitrogen and oxygen atoms in total. The van der Waals surface area contributed by atoms with Gasteiger partial charge in [-0.05, 0) is 47.0 Å². The second-order valence-corrected chi connectivity index (χ2v) is 5.94. The van der Waals surface area contributed by atoms with Crippen LogP contribution in [0, 0.1) is 0 Å². The van der Waals surface area contributed by atoms with Crippen molar-refractivity contribution in [3.05, 3.63) is 28.5 Å². The van der Waals surface area contributed by atoms with Gasteiger partial charge in [0.05, 0.1) is 0 Å². The van der Waals surface area contributed by atoms with Crippen LogP contribution in [-0.2, 0) is 13.0 Å². The highest BCUT2D eigenvalue weighted by atomic mass is 79.9. The first kappa shape index (κ1) is 16.3. The molecule has 2 aromatic heterocycles. The molecule has 0 bridgehead atoms. The van der Waals surface area contributed by atoms with Gasteiger partial charge in [-0.1, -0.05) is 6.07 Å². The summed E-state index contributed by atoms with van der Waals surface area (Å²) in [7, 11) is 0. The second kappa shape index (κ2) is 6.52. The molecular weight excluding hydrogens is 376 g/mol. The SMILES string of the molecule is CCn1c(Br)nc2c(N)nc(NCCc3ccc(O)c(O)c3)nc21. The largest absolute Gasteiger partial charge is 0.504 e. The molecule has 2 heterocycles. The number of nitrogen functional groups attached to an aromatic ring is 1. The highest BCUT2D eigenvalue weighted by molar-refractivity contribution is 9.10. The van der Waals surface area contributed by atoms with Crippen LogP contribution in [0.15, 0.2) is 22.9 Å². The molecule has 0 radical (unpaired) electrons. The zero-order chi connectivity index (χ0) is 17.3. The molecule has 0 atom stereocenters. The maximum absolute atomic E-state index is 9.51. The molecule has 0 saturated heterocycles. The molecule has 9 heteroatoms. The predicted octanol–water partition coefficient (Wildman–Crippen LogP) is 2.26. The van der Waals surface area contributed by atoms with E-state index in [2.05, 4.69) is 36.2 Å². The number of fused-ring (bicyclic) bond motifs is 1. The standard InChI is InChI=1S/C15H17BrN6O2/c1-2-22-13-11(19-14(22)16)12(17)20-15(21-13)18-6-5-8-3-4-9(23)10(24)7-8/h3-4,7,23-24H,2,5-6H2,1H3,(H3,17,18,20,21). The number of nitrogens with zero attached hydrogens (tertiary/aromatic N) is 4. The van der Waals surface area contributed by atoms with Gasteiger partial charge in [0, 0.05) is 13.1 Å². The van der Waals surface area contributed by atoms with Gasteiger partial charge in [-0.2, -0.15) is 9.97 Å². The van der Waals surface area contributed by atoms with Crippen molar-refractivity contribution in [1.29, 1.82) is 0 Å². The van der Waals surface area contributed by atoms with Gasteiger partial charge >= 0.3 is 0 Å². The van der Waals surface area contributed by atoms with Crippen LogP contribution >= 0.6 is 15.9 Å². The lowest BCUT2D eigenvalue weighted by molar-refractivity contribution is 0.403. The summed E-state index contributed by atoms with van der Waals surface area (Å²) in [6, 6.07) is 4.74. The molecule has 0 aliphatic heterocycles. The van der Waals surface area contributed by atoms with Crippen molar-refractivity contribution in [1.82, 2.24) is 19.5 Å². The maximum atomic E-state index is 9.51. The van der Waals surface area contributed by atoms with Crippen LogP contribution in [0.2, 0.25) is 0 Å². The van der Waals surface area contributed by atoms with E-state index in [1.165, 1.54) is 12.1 Å². The molecule has 3 aromatic rings. The zero-order valence-electron chi connectivity index (χ0n) is 13.0. The monoisotopic (exact) mass is 392 g/mol. The number of aromatic nitrogens is 4. The third-order valence-electron chi connectivity index (χ3n) is 3.63. The van der Waals surface area contributed by atoms with E-state index >= 15 is 0 Å². The highest BCUT2D eigenvalue weighted by Gasteiger charge is 2.14. The molecule has 0 saturated carbocycles. The van der Waals surface area contributed by atoms with Gasteiger partial charge < -0.3 is 25.8 Å². The number of aryl methyl sites for hydroxylation is 1. The van der Waals surface area contributed by atoms with E-state index in [0.717, 1.165) is 5.56 Å². The van der Waals surface area contributed by atoms with Crippen molar-refractivity contribution in [2.24, 2.45) is 0 Å². The first-order valence-corrected chi connectivity index (χ1v) is 8.23. The van der Waals surface area contributed by atoms with Gasteiger partial charge in [0.1, 0.15) is 0 Å². The lowest BCUT2D eigenvalue weighted by Crippen LogP contribution is -2.10. The fraction of sp³-hybridized carbons (Fsp3) is 0.267. The third kappa shape index (κ3) is 3.07. The molecule has 3 rings (SSSR count). The molecular formula is C15H17BrN6O2. The van der Waals surface area contributed by atoms with Crippen LogP contribution < -0.4 is 11.1 Å². The first-order chi connectivity index (χ1) is 11.5. The lowest BCUT2D eigenvalue weighted by Gasteiger charge is -2.08. The summed E-state index contributed by atoms with van der Waals surface area (Å²) in [5.41, 5.74) is 8.08. The summed E-state index contributed by atoms with van der Waals surface area (Å²) in [5.74, 6) is 0.473. The van der Waals surface area contributed by atoms with E-state index in [-0.39, 0.29) is 11.5 Å². The summed E-state index contributed by atoms with van der Waals surface area (Å²) in [6.07, 6.45) is 0.631. The number of nitrogens with one attached hydrogen (secondary N) is 1. The minimum absolute atomic E-state index is 0.133. The van der Waals surface area contributed by atoms with E-state index < -0.39 is 0 Å². The minimum Gasteiger partial charge on any atom is -0.504 e. The Hall–Kier alpha value is -2.55. The summed E-state index contributed by atoms with van der Waals surface area (Å²) in [5, 5.41) is 21.9. The Balaban J connectivity index is 1.76. The Morgan fingerprint density at radius 1 is 1.21 bits per heavy atom. The number of imidazole rings is 1. The number of phenols is 2. The second-order valence-electron chi connectivity index (χ2n) is 5.23. The van der Waals surface area contributed by atoms with Gasteiger partial charge in [-0.15, -0.1) is 0 Å². The summed E-state index contributed by atoms with van der Waals surface area (Å²) >= 11 is 3.39. The first-order valence-electron chi connectivity index (χ1n) is 7.43. The molecule has 0 amide bonds. The number of halogens is 1. The number of aromatic hydroxyl groups is 2. The number of anilines is 2. The van der Waals surface area contributed by atoms with Crippen LogP contribution in [0.5, 0.6) is 11.5 Å². The van der Waals surface area contributed by atoms with Crippen molar-refractivity contribution in [2.45, 2.75) is 19.9 Å². The number of benzene rings is 1. The minimum atomic E-state index is -0.133. The topological polar surface area (TPSA) is 122 Å². The number of hydrogen-bond donors (Lipinski definition) is 4. The van der Waals surface area contributed by atoms with Crippen molar-refractivity contribution >= 4 is 38.9 Å². The van der Waals surface area contributed by atoms with E-state index in [9.17, 15) is 10.2 Å². The number of phenolic OH excluding ortho intramolecular Hbond substituents is 2. The summed E-state index contributed by atoms with van der Waals surface area (Å²) in [6.45, 7) is 3.25. The highest BCUT2D eigenvalue weighted by Crippen LogP contribution is 2.25. The van der Waals surface area contributed by atoms with E-state index in [1.807, 2.05) is 11.5 Å². The van der Waals surface area contributed by atoms with Gasteiger partial charge in [0.15, 0.2) is 33.2 Å². The van der Waals surface area contributed by atoms with Crippen molar-refractivity contribution in [2.75, 3.05) is 17.6 Å². The average Bonchev–Trinajstić information content (AvgIpc) is 2.87. The normalized spacial score (nSPS) is 11.1. The molecule has 24 heavy (non-hydrogen) atoms. The van der Waals surface area contributed by atoms with Crippen molar-refractivity contribution in [3.8, 4) is 11.5 Å². The molecule has 126 valence electrons. The van der Waals surface area contributed by atoms with Crippen molar-refractivity contribution < 1.29 is 10.2 Å². The summed E-state index contributed by atoms with van der Waals surface area (Å²) < 4.78 is 2.56. The average molecular weight is 393 g/mol. The number of nitrogens with two attached hydrogens (primary N) is 1. The Kier molecular flexibility index (Phi) is 4.43. The summed E-state index contributed by atoms with van der Waals surface area (Å²) in [4.78, 5) is 13.0. The third-order valence-corrected chi connectivity index (χ3v) is 4.23. The van der Waals surface area contributed by atoms with Gasteiger partial charge in [0.25, 0.3) is 0 Å². The molecule has 0 unspecified atom stereocenters. The van der Waals surface area contributed by atoms with E-state index in [4.69, 9.17) is 5.73 Å². The van der Waals surface area contributed by atoms with Crippen LogP contribution in [0.25, 0.3) is 11.2 Å².